The molecule has 3 aromatic rings. The second-order valence-electron chi connectivity index (χ2n) is 4.74. The topological polar surface area (TPSA) is 51.2 Å². The van der Waals surface area contributed by atoms with E-state index in [1.54, 1.807) is 18.9 Å². The lowest BCUT2D eigenvalue weighted by Gasteiger charge is -2.03. The summed E-state index contributed by atoms with van der Waals surface area (Å²) < 4.78 is 6.28. The number of thiazole rings is 1. The zero-order chi connectivity index (χ0) is 16.2. The van der Waals surface area contributed by atoms with Crippen LogP contribution in [0.1, 0.15) is 17.3 Å². The lowest BCUT2D eigenvalue weighted by molar-refractivity contribution is 0.102. The van der Waals surface area contributed by atoms with E-state index in [0.717, 1.165) is 20.9 Å². The van der Waals surface area contributed by atoms with Crippen LogP contribution in [0.15, 0.2) is 47.4 Å². The number of nitrogens with one attached hydrogen (secondary N) is 1. The van der Waals surface area contributed by atoms with E-state index in [2.05, 4.69) is 17.2 Å². The van der Waals surface area contributed by atoms with Crippen LogP contribution in [0, 0.1) is 0 Å². The monoisotopic (exact) mass is 344 g/mol. The Morgan fingerprint density at radius 3 is 2.74 bits per heavy atom. The maximum absolute atomic E-state index is 12.3. The second kappa shape index (κ2) is 7.02. The molecular weight excluding hydrogens is 328 g/mol. The smallest absolute Gasteiger partial charge is 0.257 e. The molecule has 3 rings (SSSR count). The first-order valence-electron chi connectivity index (χ1n) is 7.19. The number of nitrogens with zero attached hydrogens (tertiary/aromatic N) is 1. The number of para-hydroxylation sites is 1. The van der Waals surface area contributed by atoms with Gasteiger partial charge in [-0.25, -0.2) is 4.98 Å². The van der Waals surface area contributed by atoms with Crippen LogP contribution >= 0.6 is 23.1 Å². The van der Waals surface area contributed by atoms with Gasteiger partial charge in [0.15, 0.2) is 5.13 Å². The fourth-order valence-electron chi connectivity index (χ4n) is 2.18. The molecule has 4 nitrogen and oxygen atoms in total. The molecule has 0 bridgehead atoms. The fourth-order valence-corrected chi connectivity index (χ4v) is 3.72. The summed E-state index contributed by atoms with van der Waals surface area (Å²) in [4.78, 5) is 17.9. The van der Waals surface area contributed by atoms with Crippen LogP contribution in [0.25, 0.3) is 10.2 Å². The van der Waals surface area contributed by atoms with Crippen LogP contribution in [0.5, 0.6) is 5.75 Å². The Labute approximate surface area is 142 Å². The highest BCUT2D eigenvalue weighted by atomic mass is 32.2. The van der Waals surface area contributed by atoms with Gasteiger partial charge < -0.3 is 4.74 Å². The summed E-state index contributed by atoms with van der Waals surface area (Å²) in [6, 6.07) is 13.3. The molecule has 0 saturated heterocycles. The van der Waals surface area contributed by atoms with Crippen LogP contribution in [0.4, 0.5) is 5.13 Å². The first-order chi connectivity index (χ1) is 11.2. The molecule has 6 heteroatoms. The third-order valence-electron chi connectivity index (χ3n) is 3.25. The van der Waals surface area contributed by atoms with Gasteiger partial charge in [-0.2, -0.15) is 0 Å². The molecule has 0 atom stereocenters. The number of rotatable bonds is 5. The van der Waals surface area contributed by atoms with Crippen molar-refractivity contribution in [3.05, 3.63) is 48.0 Å². The standard InChI is InChI=1S/C17H16N2O2S2/c1-3-22-12-9-7-11(8-10-12)16(20)19-17-18-15-13(21-2)5-4-6-14(15)23-17/h4-10H,3H2,1-2H3,(H,18,19,20). The average molecular weight is 344 g/mol. The van der Waals surface area contributed by atoms with Crippen molar-refractivity contribution in [3.63, 3.8) is 0 Å². The largest absolute Gasteiger partial charge is 0.494 e. The van der Waals surface area contributed by atoms with Crippen molar-refractivity contribution in [2.45, 2.75) is 11.8 Å². The van der Waals surface area contributed by atoms with Crippen LogP contribution in [-0.4, -0.2) is 23.8 Å². The zero-order valence-corrected chi connectivity index (χ0v) is 14.5. The number of anilines is 1. The first-order valence-corrected chi connectivity index (χ1v) is 8.99. The summed E-state index contributed by atoms with van der Waals surface area (Å²) in [6.07, 6.45) is 0. The van der Waals surface area contributed by atoms with E-state index in [9.17, 15) is 4.79 Å². The predicted molar refractivity (Wildman–Crippen MR) is 97.0 cm³/mol. The van der Waals surface area contributed by atoms with E-state index < -0.39 is 0 Å². The van der Waals surface area contributed by atoms with E-state index in [-0.39, 0.29) is 5.91 Å². The van der Waals surface area contributed by atoms with Gasteiger partial charge in [0.2, 0.25) is 0 Å². The quantitative estimate of drug-likeness (QED) is 0.683. The molecule has 0 aliphatic carbocycles. The number of thioether (sulfide) groups is 1. The minimum atomic E-state index is -0.156. The molecule has 1 N–H and O–H groups in total. The maximum atomic E-state index is 12.3. The van der Waals surface area contributed by atoms with Crippen molar-refractivity contribution in [2.24, 2.45) is 0 Å². The number of methoxy groups -OCH3 is 1. The summed E-state index contributed by atoms with van der Waals surface area (Å²) in [6.45, 7) is 2.10. The lowest BCUT2D eigenvalue weighted by Crippen LogP contribution is -2.11. The summed E-state index contributed by atoms with van der Waals surface area (Å²) >= 11 is 3.18. The highest BCUT2D eigenvalue weighted by Crippen LogP contribution is 2.32. The Bertz CT molecular complexity index is 828. The molecule has 0 fully saturated rings. The third kappa shape index (κ3) is 3.48. The maximum Gasteiger partial charge on any atom is 0.257 e. The molecule has 0 aliphatic rings. The lowest BCUT2D eigenvalue weighted by atomic mass is 10.2. The minimum Gasteiger partial charge on any atom is -0.494 e. The van der Waals surface area contributed by atoms with E-state index >= 15 is 0 Å². The molecule has 1 aromatic heterocycles. The molecule has 118 valence electrons. The molecule has 2 aromatic carbocycles. The molecule has 23 heavy (non-hydrogen) atoms. The van der Waals surface area contributed by atoms with Gasteiger partial charge >= 0.3 is 0 Å². The van der Waals surface area contributed by atoms with Crippen molar-refractivity contribution < 1.29 is 9.53 Å². The van der Waals surface area contributed by atoms with Crippen LogP contribution in [-0.2, 0) is 0 Å². The zero-order valence-electron chi connectivity index (χ0n) is 12.8. The van der Waals surface area contributed by atoms with Crippen molar-refractivity contribution in [1.29, 1.82) is 0 Å². The van der Waals surface area contributed by atoms with Gasteiger partial charge in [0.25, 0.3) is 5.91 Å². The SMILES string of the molecule is CCSc1ccc(C(=O)Nc2nc3c(OC)cccc3s2)cc1. The Morgan fingerprint density at radius 1 is 1.26 bits per heavy atom. The number of fused-ring (bicyclic) bond motifs is 1. The number of amides is 1. The molecule has 0 saturated carbocycles. The predicted octanol–water partition coefficient (Wildman–Crippen LogP) is 4.67. The van der Waals surface area contributed by atoms with Crippen molar-refractivity contribution in [3.8, 4) is 5.75 Å². The van der Waals surface area contributed by atoms with Crippen LogP contribution in [0.2, 0.25) is 0 Å². The highest BCUT2D eigenvalue weighted by Gasteiger charge is 2.12. The number of ether oxygens (including phenoxy) is 1. The van der Waals surface area contributed by atoms with Crippen LogP contribution < -0.4 is 10.1 Å². The highest BCUT2D eigenvalue weighted by molar-refractivity contribution is 7.99. The number of carbonyl (C=O) groups excluding carboxylic acids is 1. The molecule has 1 heterocycles. The molecule has 1 amide bonds. The van der Waals surface area contributed by atoms with Gasteiger partial charge in [-0.3, -0.25) is 10.1 Å². The van der Waals surface area contributed by atoms with Gasteiger partial charge in [0.05, 0.1) is 11.8 Å². The number of aromatic nitrogens is 1. The Kier molecular flexibility index (Phi) is 4.83. The molecular formula is C17H16N2O2S2. The van der Waals surface area contributed by atoms with Crippen LogP contribution in [0.3, 0.4) is 0 Å². The van der Waals surface area contributed by atoms with Crippen molar-refractivity contribution in [2.75, 3.05) is 18.2 Å². The Balaban J connectivity index is 1.79. The summed E-state index contributed by atoms with van der Waals surface area (Å²) in [5.74, 6) is 1.57. The van der Waals surface area contributed by atoms with E-state index in [1.807, 2.05) is 42.5 Å². The van der Waals surface area contributed by atoms with Crippen molar-refractivity contribution >= 4 is 44.4 Å². The van der Waals surface area contributed by atoms with Crippen molar-refractivity contribution in [1.82, 2.24) is 4.98 Å². The second-order valence-corrected chi connectivity index (χ2v) is 7.11. The molecule has 0 radical (unpaired) electrons. The Morgan fingerprint density at radius 2 is 2.04 bits per heavy atom. The summed E-state index contributed by atoms with van der Waals surface area (Å²) in [5.41, 5.74) is 1.39. The average Bonchev–Trinajstić information content (AvgIpc) is 2.98. The molecule has 0 unspecified atom stereocenters. The van der Waals surface area contributed by atoms with Gasteiger partial charge in [-0.05, 0) is 42.2 Å². The fraction of sp³-hybridized carbons (Fsp3) is 0.176. The van der Waals surface area contributed by atoms with E-state index in [1.165, 1.54) is 11.3 Å². The summed E-state index contributed by atoms with van der Waals surface area (Å²) in [7, 11) is 1.61. The third-order valence-corrected chi connectivity index (χ3v) is 5.08. The van der Waals surface area contributed by atoms with E-state index in [4.69, 9.17) is 4.74 Å². The first kappa shape index (κ1) is 15.8. The number of hydrogen-bond donors (Lipinski definition) is 1. The van der Waals surface area contributed by atoms with Gasteiger partial charge in [-0.15, -0.1) is 11.8 Å². The number of benzene rings is 2. The van der Waals surface area contributed by atoms with Gasteiger partial charge in [-0.1, -0.05) is 24.3 Å². The minimum absolute atomic E-state index is 0.156. The molecule has 0 spiro atoms. The Hall–Kier alpha value is -2.05. The van der Waals surface area contributed by atoms with E-state index in [0.29, 0.717) is 16.4 Å². The van der Waals surface area contributed by atoms with Gasteiger partial charge in [0.1, 0.15) is 11.3 Å². The number of carbonyl (C=O) groups is 1. The normalized spacial score (nSPS) is 10.7. The number of hydrogen-bond acceptors (Lipinski definition) is 5. The summed E-state index contributed by atoms with van der Waals surface area (Å²) in [5, 5.41) is 3.43. The molecule has 0 aliphatic heterocycles. The van der Waals surface area contributed by atoms with Gasteiger partial charge in [0, 0.05) is 10.5 Å².